The normalized spacial score (nSPS) is 14.2. The van der Waals surface area contributed by atoms with E-state index in [0.717, 1.165) is 43.0 Å². The third-order valence-electron chi connectivity index (χ3n) is 5.80. The molecule has 2 amide bonds. The standard InChI is InChI=1S/C24H29F2N5O3/c25-21-8-7-18(11-22(21)26)24(33)29-13-19(27)14-31(28)20(12-23(32)30-34)10-15-5-6-16-3-1-2-4-17(16)9-15/h5-9,11,14,20,34H,1-4,10,12-13,27-28H2,(H,29,33)(H,30,32)/b19-14-. The van der Waals surface area contributed by atoms with Crippen molar-refractivity contribution in [1.29, 1.82) is 0 Å². The predicted molar refractivity (Wildman–Crippen MR) is 122 cm³/mol. The van der Waals surface area contributed by atoms with Crippen molar-refractivity contribution in [2.24, 2.45) is 11.6 Å². The molecule has 0 saturated carbocycles. The zero-order valence-corrected chi connectivity index (χ0v) is 18.7. The Morgan fingerprint density at radius 3 is 2.53 bits per heavy atom. The molecule has 0 aromatic heterocycles. The monoisotopic (exact) mass is 473 g/mol. The van der Waals surface area contributed by atoms with E-state index in [2.05, 4.69) is 17.4 Å². The average molecular weight is 474 g/mol. The van der Waals surface area contributed by atoms with Gasteiger partial charge in [-0.25, -0.2) is 20.1 Å². The summed E-state index contributed by atoms with van der Waals surface area (Å²) in [4.78, 5) is 24.0. The molecule has 8 nitrogen and oxygen atoms in total. The van der Waals surface area contributed by atoms with Gasteiger partial charge in [0.15, 0.2) is 11.6 Å². The molecule has 1 atom stereocenters. The first kappa shape index (κ1) is 25.1. The van der Waals surface area contributed by atoms with E-state index in [1.807, 2.05) is 6.07 Å². The summed E-state index contributed by atoms with van der Waals surface area (Å²) in [6.07, 6.45) is 6.13. The van der Waals surface area contributed by atoms with Crippen LogP contribution < -0.4 is 22.4 Å². The third kappa shape index (κ3) is 6.75. The van der Waals surface area contributed by atoms with E-state index in [-0.39, 0.29) is 24.2 Å². The van der Waals surface area contributed by atoms with Gasteiger partial charge in [-0.3, -0.25) is 14.8 Å². The number of nitrogens with one attached hydrogen (secondary N) is 2. The van der Waals surface area contributed by atoms with Crippen LogP contribution in [0.5, 0.6) is 0 Å². The summed E-state index contributed by atoms with van der Waals surface area (Å²) < 4.78 is 26.4. The molecule has 0 spiro atoms. The van der Waals surface area contributed by atoms with Crippen molar-refractivity contribution < 1.29 is 23.6 Å². The number of rotatable bonds is 9. The van der Waals surface area contributed by atoms with Crippen LogP contribution in [0.4, 0.5) is 8.78 Å². The number of aryl methyl sites for hydroxylation is 2. The second-order valence-corrected chi connectivity index (χ2v) is 8.37. The molecule has 0 bridgehead atoms. The van der Waals surface area contributed by atoms with Gasteiger partial charge in [0.2, 0.25) is 5.91 Å². The largest absolute Gasteiger partial charge is 0.399 e. The van der Waals surface area contributed by atoms with Crippen LogP contribution in [-0.4, -0.2) is 34.6 Å². The van der Waals surface area contributed by atoms with E-state index >= 15 is 0 Å². The lowest BCUT2D eigenvalue weighted by molar-refractivity contribution is -0.130. The summed E-state index contributed by atoms with van der Waals surface area (Å²) in [6, 6.07) is 8.54. The molecule has 7 N–H and O–H groups in total. The Hall–Kier alpha value is -3.50. The highest BCUT2D eigenvalue weighted by atomic mass is 19.2. The minimum atomic E-state index is -1.13. The number of hydroxylamine groups is 1. The SMILES string of the molecule is N/C(=C\N(N)C(CC(=O)NO)Cc1ccc2c(c1)CCCC2)CNC(=O)c1ccc(F)c(F)c1. The fraction of sp³-hybridized carbons (Fsp3) is 0.333. The maximum atomic E-state index is 13.3. The molecule has 0 heterocycles. The number of carbonyl (C=O) groups excluding carboxylic acids is 2. The van der Waals surface area contributed by atoms with E-state index < -0.39 is 29.5 Å². The van der Waals surface area contributed by atoms with Crippen LogP contribution in [0, 0.1) is 11.6 Å². The Balaban J connectivity index is 1.66. The van der Waals surface area contributed by atoms with Crippen LogP contribution in [0.25, 0.3) is 0 Å². The molecule has 10 heteroatoms. The Morgan fingerprint density at radius 1 is 1.09 bits per heavy atom. The van der Waals surface area contributed by atoms with E-state index in [4.69, 9.17) is 16.8 Å². The smallest absolute Gasteiger partial charge is 0.251 e. The Morgan fingerprint density at radius 2 is 1.82 bits per heavy atom. The number of fused-ring (bicyclic) bond motifs is 1. The summed E-state index contributed by atoms with van der Waals surface area (Å²) in [5.41, 5.74) is 11.4. The van der Waals surface area contributed by atoms with Crippen LogP contribution in [0.3, 0.4) is 0 Å². The topological polar surface area (TPSA) is 134 Å². The molecule has 2 aromatic carbocycles. The maximum Gasteiger partial charge on any atom is 0.251 e. The zero-order valence-electron chi connectivity index (χ0n) is 18.7. The first-order chi connectivity index (χ1) is 16.3. The highest BCUT2D eigenvalue weighted by Crippen LogP contribution is 2.23. The van der Waals surface area contributed by atoms with Gasteiger partial charge in [0.1, 0.15) is 0 Å². The van der Waals surface area contributed by atoms with Crippen molar-refractivity contribution in [2.75, 3.05) is 6.54 Å². The summed E-state index contributed by atoms with van der Waals surface area (Å²) >= 11 is 0. The van der Waals surface area contributed by atoms with Gasteiger partial charge in [-0.15, -0.1) is 0 Å². The molecule has 3 rings (SSSR count). The molecule has 0 radical (unpaired) electrons. The van der Waals surface area contributed by atoms with Crippen molar-refractivity contribution in [3.05, 3.63) is 82.2 Å². The van der Waals surface area contributed by atoms with Gasteiger partial charge < -0.3 is 16.1 Å². The third-order valence-corrected chi connectivity index (χ3v) is 5.80. The fourth-order valence-corrected chi connectivity index (χ4v) is 3.99. The average Bonchev–Trinajstić information content (AvgIpc) is 2.83. The van der Waals surface area contributed by atoms with E-state index in [1.54, 1.807) is 5.48 Å². The van der Waals surface area contributed by atoms with Gasteiger partial charge in [0, 0.05) is 17.5 Å². The highest BCUT2D eigenvalue weighted by molar-refractivity contribution is 5.94. The van der Waals surface area contributed by atoms with Crippen molar-refractivity contribution in [3.63, 3.8) is 0 Å². The van der Waals surface area contributed by atoms with Gasteiger partial charge in [-0.05, 0) is 67.0 Å². The number of nitrogens with two attached hydrogens (primary N) is 2. The molecule has 1 aliphatic rings. The lowest BCUT2D eigenvalue weighted by Crippen LogP contribution is -2.42. The lowest BCUT2D eigenvalue weighted by atomic mass is 9.89. The number of halogens is 2. The predicted octanol–water partition coefficient (Wildman–Crippen LogP) is 2.06. The molecule has 2 aromatic rings. The van der Waals surface area contributed by atoms with Crippen molar-refractivity contribution in [3.8, 4) is 0 Å². The molecule has 1 aliphatic carbocycles. The van der Waals surface area contributed by atoms with Crippen LogP contribution in [-0.2, 0) is 24.1 Å². The lowest BCUT2D eigenvalue weighted by Gasteiger charge is -2.27. The van der Waals surface area contributed by atoms with Crippen molar-refractivity contribution in [2.45, 2.75) is 44.6 Å². The number of nitrogens with zero attached hydrogens (tertiary/aromatic N) is 1. The summed E-state index contributed by atoms with van der Waals surface area (Å²) in [5, 5.41) is 12.7. The Kier molecular flexibility index (Phi) is 8.55. The molecule has 182 valence electrons. The summed E-state index contributed by atoms with van der Waals surface area (Å²) in [5.74, 6) is 2.76. The number of amides is 2. The van der Waals surface area contributed by atoms with Gasteiger partial charge in [-0.2, -0.15) is 0 Å². The Bertz CT molecular complexity index is 1080. The van der Waals surface area contributed by atoms with Gasteiger partial charge >= 0.3 is 0 Å². The molecule has 1 unspecified atom stereocenters. The minimum Gasteiger partial charge on any atom is -0.399 e. The van der Waals surface area contributed by atoms with Crippen LogP contribution in [0.2, 0.25) is 0 Å². The summed E-state index contributed by atoms with van der Waals surface area (Å²) in [7, 11) is 0. The van der Waals surface area contributed by atoms with Crippen molar-refractivity contribution in [1.82, 2.24) is 15.8 Å². The molecular formula is C24H29F2N5O3. The molecule has 0 fully saturated rings. The molecule has 34 heavy (non-hydrogen) atoms. The number of hydrazine groups is 1. The maximum absolute atomic E-state index is 13.3. The molecule has 0 saturated heterocycles. The highest BCUT2D eigenvalue weighted by Gasteiger charge is 2.20. The van der Waals surface area contributed by atoms with Gasteiger partial charge in [0.05, 0.1) is 19.0 Å². The minimum absolute atomic E-state index is 0.0544. The Labute approximate surface area is 196 Å². The van der Waals surface area contributed by atoms with Gasteiger partial charge in [0.25, 0.3) is 5.91 Å². The van der Waals surface area contributed by atoms with E-state index in [0.29, 0.717) is 6.42 Å². The van der Waals surface area contributed by atoms with Gasteiger partial charge in [-0.1, -0.05) is 18.2 Å². The van der Waals surface area contributed by atoms with Crippen LogP contribution in [0.1, 0.15) is 46.3 Å². The second-order valence-electron chi connectivity index (χ2n) is 8.37. The van der Waals surface area contributed by atoms with Crippen molar-refractivity contribution >= 4 is 11.8 Å². The summed E-state index contributed by atoms with van der Waals surface area (Å²) in [6.45, 7) is -0.108. The quantitative estimate of drug-likeness (QED) is 0.215. The van der Waals surface area contributed by atoms with E-state index in [9.17, 15) is 18.4 Å². The van der Waals surface area contributed by atoms with Crippen LogP contribution in [0.15, 0.2) is 48.3 Å². The number of carbonyl (C=O) groups is 2. The zero-order chi connectivity index (χ0) is 24.7. The number of hydrogen-bond acceptors (Lipinski definition) is 6. The molecule has 0 aliphatic heterocycles. The van der Waals surface area contributed by atoms with E-state index in [1.165, 1.54) is 28.8 Å². The number of hydrogen-bond donors (Lipinski definition) is 5. The fourth-order valence-electron chi connectivity index (χ4n) is 3.99. The molecular weight excluding hydrogens is 444 g/mol. The first-order valence-corrected chi connectivity index (χ1v) is 11.0. The first-order valence-electron chi connectivity index (χ1n) is 11.0. The van der Waals surface area contributed by atoms with Crippen LogP contribution >= 0.6 is 0 Å². The second kappa shape index (κ2) is 11.6. The number of benzene rings is 2.